The summed E-state index contributed by atoms with van der Waals surface area (Å²) in [5.41, 5.74) is 0.358. The number of amides is 2. The van der Waals surface area contributed by atoms with Crippen molar-refractivity contribution in [3.63, 3.8) is 0 Å². The molecule has 1 aromatic rings. The molecule has 144 valence electrons. The van der Waals surface area contributed by atoms with Crippen LogP contribution in [0.25, 0.3) is 0 Å². The van der Waals surface area contributed by atoms with Crippen molar-refractivity contribution in [2.45, 2.75) is 51.2 Å². The van der Waals surface area contributed by atoms with Crippen molar-refractivity contribution < 1.29 is 22.7 Å². The van der Waals surface area contributed by atoms with Crippen LogP contribution < -0.4 is 4.72 Å². The number of piperidine rings is 1. The van der Waals surface area contributed by atoms with Crippen LogP contribution in [-0.2, 0) is 30.9 Å². The Kier molecular flexibility index (Phi) is 5.92. The number of imide groups is 1. The Labute approximate surface area is 152 Å². The molecule has 0 aromatic carbocycles. The highest BCUT2D eigenvalue weighted by Crippen LogP contribution is 2.16. The van der Waals surface area contributed by atoms with E-state index in [2.05, 4.69) is 9.82 Å². The molecule has 2 fully saturated rings. The van der Waals surface area contributed by atoms with Gasteiger partial charge >= 0.3 is 0 Å². The first-order valence-corrected chi connectivity index (χ1v) is 10.6. The zero-order chi connectivity index (χ0) is 18.6. The van der Waals surface area contributed by atoms with Crippen LogP contribution in [0.1, 0.15) is 38.5 Å². The molecule has 26 heavy (non-hydrogen) atoms. The van der Waals surface area contributed by atoms with Gasteiger partial charge in [0.15, 0.2) is 0 Å². The first-order valence-electron chi connectivity index (χ1n) is 8.91. The molecular weight excluding hydrogens is 360 g/mol. The van der Waals surface area contributed by atoms with E-state index in [1.165, 1.54) is 6.20 Å². The predicted molar refractivity (Wildman–Crippen MR) is 93.8 cm³/mol. The number of sulfonamides is 1. The molecule has 0 saturated carbocycles. The smallest absolute Gasteiger partial charge is 0.234 e. The standard InChI is InChI=1S/C16H24N4O5S/c21-15-5-3-6-16(22)20(15)7-9-26(23,24)18-13-10-17-19(11-13)12-14-4-1-2-8-25-14/h10-11,14,18H,1-9,12H2/t14-/m0/s1. The molecule has 0 bridgehead atoms. The molecule has 0 spiro atoms. The number of hydrogen-bond donors (Lipinski definition) is 1. The Hall–Kier alpha value is -1.94. The van der Waals surface area contributed by atoms with E-state index in [9.17, 15) is 18.0 Å². The van der Waals surface area contributed by atoms with Crippen molar-refractivity contribution in [1.82, 2.24) is 14.7 Å². The van der Waals surface area contributed by atoms with Crippen molar-refractivity contribution in [2.24, 2.45) is 0 Å². The van der Waals surface area contributed by atoms with Crippen LogP contribution in [0.5, 0.6) is 0 Å². The van der Waals surface area contributed by atoms with E-state index in [4.69, 9.17) is 4.74 Å². The Bertz CT molecular complexity index is 738. The fraction of sp³-hybridized carbons (Fsp3) is 0.688. The molecule has 10 heteroatoms. The molecule has 2 amide bonds. The lowest BCUT2D eigenvalue weighted by molar-refractivity contribution is -0.147. The largest absolute Gasteiger partial charge is 0.376 e. The van der Waals surface area contributed by atoms with Crippen LogP contribution in [0.4, 0.5) is 5.69 Å². The average molecular weight is 384 g/mol. The monoisotopic (exact) mass is 384 g/mol. The zero-order valence-corrected chi connectivity index (χ0v) is 15.4. The number of carbonyl (C=O) groups is 2. The summed E-state index contributed by atoms with van der Waals surface area (Å²) in [7, 11) is -3.68. The lowest BCUT2D eigenvalue weighted by Crippen LogP contribution is -2.43. The predicted octanol–water partition coefficient (Wildman–Crippen LogP) is 0.733. The summed E-state index contributed by atoms with van der Waals surface area (Å²) in [5, 5.41) is 4.16. The number of ether oxygens (including phenoxy) is 1. The van der Waals surface area contributed by atoms with E-state index in [0.29, 0.717) is 18.7 Å². The first-order chi connectivity index (χ1) is 12.4. The van der Waals surface area contributed by atoms with E-state index in [-0.39, 0.29) is 43.1 Å². The molecule has 9 nitrogen and oxygen atoms in total. The maximum Gasteiger partial charge on any atom is 0.234 e. The number of rotatable bonds is 7. The summed E-state index contributed by atoms with van der Waals surface area (Å²) in [5.74, 6) is -0.949. The third kappa shape index (κ3) is 5.04. The average Bonchev–Trinajstić information content (AvgIpc) is 3.01. The van der Waals surface area contributed by atoms with E-state index >= 15 is 0 Å². The van der Waals surface area contributed by atoms with E-state index < -0.39 is 10.0 Å². The van der Waals surface area contributed by atoms with Crippen molar-refractivity contribution in [2.75, 3.05) is 23.6 Å². The summed E-state index contributed by atoms with van der Waals surface area (Å²) in [6.45, 7) is 1.20. The fourth-order valence-electron chi connectivity index (χ4n) is 3.17. The second-order valence-corrected chi connectivity index (χ2v) is 8.50. The molecule has 1 aromatic heterocycles. The van der Waals surface area contributed by atoms with E-state index in [1.807, 2.05) is 0 Å². The Morgan fingerprint density at radius 2 is 1.96 bits per heavy atom. The number of likely N-dealkylation sites (tertiary alicyclic amines) is 1. The van der Waals surface area contributed by atoms with Gasteiger partial charge in [-0.1, -0.05) is 0 Å². The SMILES string of the molecule is O=C1CCCC(=O)N1CCS(=O)(=O)Nc1cnn(C[C@@H]2CCCCO2)c1. The van der Waals surface area contributed by atoms with Crippen LogP contribution in [-0.4, -0.2) is 59.9 Å². The van der Waals surface area contributed by atoms with Gasteiger partial charge in [-0.05, 0) is 25.7 Å². The minimum atomic E-state index is -3.68. The van der Waals surface area contributed by atoms with E-state index in [1.54, 1.807) is 10.9 Å². The summed E-state index contributed by atoms with van der Waals surface area (Å²) in [6.07, 6.45) is 7.43. The molecule has 0 aliphatic carbocycles. The summed E-state index contributed by atoms with van der Waals surface area (Å²) in [4.78, 5) is 24.5. The van der Waals surface area contributed by atoms with Gasteiger partial charge in [0, 0.05) is 32.2 Å². The second kappa shape index (κ2) is 8.17. The maximum atomic E-state index is 12.2. The van der Waals surface area contributed by atoms with Crippen molar-refractivity contribution in [3.05, 3.63) is 12.4 Å². The van der Waals surface area contributed by atoms with Gasteiger partial charge in [-0.2, -0.15) is 5.10 Å². The Morgan fingerprint density at radius 1 is 1.19 bits per heavy atom. The van der Waals surface area contributed by atoms with Crippen LogP contribution >= 0.6 is 0 Å². The van der Waals surface area contributed by atoms with Crippen LogP contribution in [0, 0.1) is 0 Å². The highest BCUT2D eigenvalue weighted by molar-refractivity contribution is 7.92. The molecule has 3 rings (SSSR count). The third-order valence-corrected chi connectivity index (χ3v) is 5.81. The molecule has 2 aliphatic rings. The van der Waals surface area contributed by atoms with Gasteiger partial charge in [-0.15, -0.1) is 0 Å². The molecule has 2 aliphatic heterocycles. The minimum absolute atomic E-state index is 0.101. The van der Waals surface area contributed by atoms with Gasteiger partial charge in [0.25, 0.3) is 0 Å². The lowest BCUT2D eigenvalue weighted by atomic mass is 10.1. The molecule has 2 saturated heterocycles. The highest BCUT2D eigenvalue weighted by Gasteiger charge is 2.27. The van der Waals surface area contributed by atoms with Gasteiger partial charge in [0.05, 0.1) is 30.3 Å². The van der Waals surface area contributed by atoms with Gasteiger partial charge in [0.2, 0.25) is 21.8 Å². The Balaban J connectivity index is 1.52. The molecule has 1 N–H and O–H groups in total. The summed E-state index contributed by atoms with van der Waals surface area (Å²) >= 11 is 0. The molecule has 0 unspecified atom stereocenters. The number of carbonyl (C=O) groups excluding carboxylic acids is 2. The molecular formula is C16H24N4O5S. The quantitative estimate of drug-likeness (QED) is 0.694. The van der Waals surface area contributed by atoms with Crippen LogP contribution in [0.15, 0.2) is 12.4 Å². The number of anilines is 1. The van der Waals surface area contributed by atoms with Gasteiger partial charge in [-0.3, -0.25) is 23.9 Å². The van der Waals surface area contributed by atoms with Crippen molar-refractivity contribution >= 4 is 27.5 Å². The third-order valence-electron chi connectivity index (χ3n) is 4.54. The number of hydrogen-bond acceptors (Lipinski definition) is 6. The highest BCUT2D eigenvalue weighted by atomic mass is 32.2. The minimum Gasteiger partial charge on any atom is -0.376 e. The summed E-state index contributed by atoms with van der Waals surface area (Å²) in [6, 6.07) is 0. The zero-order valence-electron chi connectivity index (χ0n) is 14.6. The Morgan fingerprint density at radius 3 is 2.65 bits per heavy atom. The molecule has 0 radical (unpaired) electrons. The van der Waals surface area contributed by atoms with Crippen molar-refractivity contribution in [3.8, 4) is 0 Å². The first kappa shape index (κ1) is 18.8. The van der Waals surface area contributed by atoms with Gasteiger partial charge in [0.1, 0.15) is 0 Å². The summed E-state index contributed by atoms with van der Waals surface area (Å²) < 4.78 is 34.2. The lowest BCUT2D eigenvalue weighted by Gasteiger charge is -2.24. The maximum absolute atomic E-state index is 12.2. The van der Waals surface area contributed by atoms with Crippen molar-refractivity contribution in [1.29, 1.82) is 0 Å². The fourth-order valence-corrected chi connectivity index (χ4v) is 4.16. The molecule has 3 heterocycles. The topological polar surface area (TPSA) is 111 Å². The van der Waals surface area contributed by atoms with Gasteiger partial charge in [-0.25, -0.2) is 8.42 Å². The number of aromatic nitrogens is 2. The second-order valence-electron chi connectivity index (χ2n) is 6.65. The van der Waals surface area contributed by atoms with Crippen LogP contribution in [0.3, 0.4) is 0 Å². The normalized spacial score (nSPS) is 21.8. The number of nitrogens with one attached hydrogen (secondary N) is 1. The molecule has 1 atom stereocenters. The van der Waals surface area contributed by atoms with E-state index in [0.717, 1.165) is 30.8 Å². The van der Waals surface area contributed by atoms with Gasteiger partial charge < -0.3 is 4.74 Å². The number of nitrogens with zero attached hydrogens (tertiary/aromatic N) is 3. The van der Waals surface area contributed by atoms with Crippen LogP contribution in [0.2, 0.25) is 0 Å².